The molecule has 230 valence electrons. The van der Waals surface area contributed by atoms with Crippen LogP contribution in [-0.2, 0) is 20.9 Å². The van der Waals surface area contributed by atoms with Crippen LogP contribution in [0.3, 0.4) is 0 Å². The Hall–Kier alpha value is -4.97. The first-order valence-corrected chi connectivity index (χ1v) is 14.2. The van der Waals surface area contributed by atoms with Crippen LogP contribution in [0.5, 0.6) is 17.2 Å². The number of anilines is 1. The number of hydrogen-bond donors (Lipinski definition) is 1. The monoisotopic (exact) mass is 601 g/mol. The van der Waals surface area contributed by atoms with Crippen molar-refractivity contribution in [1.82, 2.24) is 20.3 Å². The predicted molar refractivity (Wildman–Crippen MR) is 162 cm³/mol. The molecule has 0 unspecified atom stereocenters. The second-order valence-electron chi connectivity index (χ2n) is 10.3. The van der Waals surface area contributed by atoms with Gasteiger partial charge in [0.05, 0.1) is 33.0 Å². The molecule has 1 aliphatic heterocycles. The van der Waals surface area contributed by atoms with Gasteiger partial charge in [0, 0.05) is 24.4 Å². The van der Waals surface area contributed by atoms with Gasteiger partial charge in [-0.25, -0.2) is 4.68 Å². The molecule has 0 radical (unpaired) electrons. The summed E-state index contributed by atoms with van der Waals surface area (Å²) in [6.07, 6.45) is 1.61. The van der Waals surface area contributed by atoms with E-state index in [9.17, 15) is 14.4 Å². The Balaban J connectivity index is 1.63. The molecule has 1 fully saturated rings. The lowest BCUT2D eigenvalue weighted by atomic mass is 10.0. The fourth-order valence-corrected chi connectivity index (χ4v) is 5.33. The Bertz CT molecular complexity index is 1620. The quantitative estimate of drug-likeness (QED) is 0.241. The molecule has 1 aromatic heterocycles. The van der Waals surface area contributed by atoms with Crippen LogP contribution in [0.1, 0.15) is 41.7 Å². The molecule has 12 heteroatoms. The minimum Gasteiger partial charge on any atom is -0.493 e. The van der Waals surface area contributed by atoms with E-state index in [1.165, 1.54) is 37.8 Å². The smallest absolute Gasteiger partial charge is 0.249 e. The minimum atomic E-state index is -1.18. The lowest BCUT2D eigenvalue weighted by Gasteiger charge is -2.32. The largest absolute Gasteiger partial charge is 0.493 e. The molecule has 5 rings (SSSR count). The Kier molecular flexibility index (Phi) is 9.39. The fourth-order valence-electron chi connectivity index (χ4n) is 5.33. The normalized spacial score (nSPS) is 15.0. The third-order valence-corrected chi connectivity index (χ3v) is 7.56. The maximum absolute atomic E-state index is 14.4. The number of benzene rings is 3. The van der Waals surface area contributed by atoms with E-state index < -0.39 is 17.9 Å². The summed E-state index contributed by atoms with van der Waals surface area (Å²) in [6.45, 7) is 2.16. The van der Waals surface area contributed by atoms with Gasteiger partial charge in [-0.05, 0) is 73.9 Å². The molecule has 4 aromatic rings. The number of amides is 2. The van der Waals surface area contributed by atoms with Crippen LogP contribution >= 0.6 is 0 Å². The number of ketones is 1. The number of Topliss-reactive ketones (excluding diaryl/α,β-unsaturated/α-hetero) is 1. The van der Waals surface area contributed by atoms with E-state index >= 15 is 0 Å². The van der Waals surface area contributed by atoms with E-state index in [-0.39, 0.29) is 25.0 Å². The minimum absolute atomic E-state index is 0.125. The average molecular weight is 602 g/mol. The van der Waals surface area contributed by atoms with Gasteiger partial charge in [-0.1, -0.05) is 17.3 Å². The van der Waals surface area contributed by atoms with Crippen LogP contribution < -0.4 is 24.4 Å². The predicted octanol–water partition coefficient (Wildman–Crippen LogP) is 3.73. The maximum atomic E-state index is 14.4. The Labute approximate surface area is 254 Å². The van der Waals surface area contributed by atoms with Crippen molar-refractivity contribution in [2.75, 3.05) is 39.4 Å². The molecule has 2 atom stereocenters. The van der Waals surface area contributed by atoms with Crippen molar-refractivity contribution in [3.05, 3.63) is 71.8 Å². The number of methoxy groups -OCH3 is 3. The molecule has 0 bridgehead atoms. The van der Waals surface area contributed by atoms with Gasteiger partial charge < -0.3 is 24.3 Å². The zero-order chi connectivity index (χ0) is 31.2. The first-order valence-electron chi connectivity index (χ1n) is 14.2. The van der Waals surface area contributed by atoms with E-state index in [1.807, 2.05) is 18.2 Å². The summed E-state index contributed by atoms with van der Waals surface area (Å²) in [7, 11) is 4.44. The van der Waals surface area contributed by atoms with Gasteiger partial charge in [-0.15, -0.1) is 5.10 Å². The zero-order valence-corrected chi connectivity index (χ0v) is 25.1. The first-order chi connectivity index (χ1) is 21.3. The molecule has 1 saturated heterocycles. The number of carbonyl (C=O) groups excluding carboxylic acids is 3. The topological polar surface area (TPSA) is 134 Å². The molecule has 2 heterocycles. The SMILES string of the molecule is COc1cc([C@@H](C(=O)NC[C@H]2CCCO2)N(C(=O)Cn2nnc3ccccc32)c2ccc(C(C)=O)cc2)cc(OC)c1OC. The lowest BCUT2D eigenvalue weighted by molar-refractivity contribution is -0.127. The molecular weight excluding hydrogens is 566 g/mol. The third-order valence-electron chi connectivity index (χ3n) is 7.56. The highest BCUT2D eigenvalue weighted by Crippen LogP contribution is 2.41. The number of nitrogens with zero attached hydrogens (tertiary/aromatic N) is 4. The summed E-state index contributed by atoms with van der Waals surface area (Å²) in [5.41, 5.74) is 2.58. The molecule has 3 aromatic carbocycles. The van der Waals surface area contributed by atoms with Gasteiger partial charge in [0.25, 0.3) is 0 Å². The van der Waals surface area contributed by atoms with Crippen molar-refractivity contribution in [3.8, 4) is 17.2 Å². The second-order valence-corrected chi connectivity index (χ2v) is 10.3. The van der Waals surface area contributed by atoms with Gasteiger partial charge in [0.1, 0.15) is 18.1 Å². The molecule has 44 heavy (non-hydrogen) atoms. The average Bonchev–Trinajstić information content (AvgIpc) is 3.72. The summed E-state index contributed by atoms with van der Waals surface area (Å²) in [5, 5.41) is 11.4. The van der Waals surface area contributed by atoms with Crippen LogP contribution in [-0.4, -0.2) is 73.2 Å². The molecule has 0 saturated carbocycles. The van der Waals surface area contributed by atoms with Crippen molar-refractivity contribution in [2.24, 2.45) is 0 Å². The van der Waals surface area contributed by atoms with Crippen LogP contribution in [0.2, 0.25) is 0 Å². The highest BCUT2D eigenvalue weighted by molar-refractivity contribution is 6.02. The summed E-state index contributed by atoms with van der Waals surface area (Å²) < 4.78 is 23.9. The first kappa shape index (κ1) is 30.5. The van der Waals surface area contributed by atoms with Crippen molar-refractivity contribution in [2.45, 2.75) is 38.5 Å². The van der Waals surface area contributed by atoms with E-state index in [0.29, 0.717) is 51.7 Å². The highest BCUT2D eigenvalue weighted by Gasteiger charge is 2.35. The summed E-state index contributed by atoms with van der Waals surface area (Å²) >= 11 is 0. The van der Waals surface area contributed by atoms with Crippen LogP contribution in [0.25, 0.3) is 11.0 Å². The molecule has 2 amide bonds. The number of para-hydroxylation sites is 1. The number of fused-ring (bicyclic) bond motifs is 1. The number of ether oxygens (including phenoxy) is 4. The number of hydrogen-bond acceptors (Lipinski definition) is 9. The fraction of sp³-hybridized carbons (Fsp3) is 0.344. The number of rotatable bonds is 12. The maximum Gasteiger partial charge on any atom is 0.249 e. The van der Waals surface area contributed by atoms with Gasteiger partial charge in [0.15, 0.2) is 17.3 Å². The summed E-state index contributed by atoms with van der Waals surface area (Å²) in [5.74, 6) is -0.0285. The van der Waals surface area contributed by atoms with E-state index in [4.69, 9.17) is 18.9 Å². The van der Waals surface area contributed by atoms with Crippen molar-refractivity contribution >= 4 is 34.3 Å². The highest BCUT2D eigenvalue weighted by atomic mass is 16.5. The van der Waals surface area contributed by atoms with Crippen LogP contribution in [0, 0.1) is 0 Å². The Morgan fingerprint density at radius 1 is 1.02 bits per heavy atom. The summed E-state index contributed by atoms with van der Waals surface area (Å²) in [6, 6.07) is 15.9. The van der Waals surface area contributed by atoms with Gasteiger partial charge in [-0.3, -0.25) is 19.3 Å². The van der Waals surface area contributed by atoms with E-state index in [2.05, 4.69) is 15.6 Å². The number of aromatic nitrogens is 3. The third kappa shape index (κ3) is 6.35. The molecule has 1 N–H and O–H groups in total. The molecule has 0 aliphatic carbocycles. The zero-order valence-electron chi connectivity index (χ0n) is 25.1. The van der Waals surface area contributed by atoms with Crippen molar-refractivity contribution < 1.29 is 33.3 Å². The summed E-state index contributed by atoms with van der Waals surface area (Å²) in [4.78, 5) is 42.0. The van der Waals surface area contributed by atoms with Gasteiger partial charge in [-0.2, -0.15) is 0 Å². The van der Waals surface area contributed by atoms with Crippen LogP contribution in [0.4, 0.5) is 5.69 Å². The lowest BCUT2D eigenvalue weighted by Crippen LogP contribution is -2.46. The van der Waals surface area contributed by atoms with Crippen molar-refractivity contribution in [3.63, 3.8) is 0 Å². The second kappa shape index (κ2) is 13.6. The Morgan fingerprint density at radius 3 is 2.34 bits per heavy atom. The molecule has 12 nitrogen and oxygen atoms in total. The van der Waals surface area contributed by atoms with Gasteiger partial charge >= 0.3 is 0 Å². The molecule has 1 aliphatic rings. The Morgan fingerprint density at radius 2 is 1.73 bits per heavy atom. The molecule has 0 spiro atoms. The van der Waals surface area contributed by atoms with Crippen LogP contribution in [0.15, 0.2) is 60.7 Å². The molecular formula is C32H35N5O7. The van der Waals surface area contributed by atoms with Gasteiger partial charge in [0.2, 0.25) is 17.6 Å². The van der Waals surface area contributed by atoms with Crippen molar-refractivity contribution in [1.29, 1.82) is 0 Å². The van der Waals surface area contributed by atoms with E-state index in [1.54, 1.807) is 42.5 Å². The number of nitrogens with one attached hydrogen (secondary N) is 1. The van der Waals surface area contributed by atoms with E-state index in [0.717, 1.165) is 12.8 Å². The standard InChI is InChI=1S/C32H35N5O7/c1-20(38)21-11-13-23(14-12-21)37(29(39)19-36-26-10-6-5-9-25(26)34-35-36)30(32(40)33-18-24-8-7-15-44-24)22-16-27(41-2)31(43-4)28(17-22)42-3/h5-6,9-14,16-17,24,30H,7-8,15,18-19H2,1-4H3,(H,33,40)/t24-,30+/m1/s1. The number of carbonyl (C=O) groups is 3.